The Morgan fingerprint density at radius 2 is 2.11 bits per heavy atom. The maximum absolute atomic E-state index is 2.28. The van der Waals surface area contributed by atoms with Crippen LogP contribution >= 0.6 is 0 Å². The van der Waals surface area contributed by atoms with Crippen molar-refractivity contribution in [3.8, 4) is 0 Å². The Balaban J connectivity index is 2.51. The van der Waals surface area contributed by atoms with Gasteiger partial charge in [0.15, 0.2) is 0 Å². The smallest absolute Gasteiger partial charge is 0.0620 e. The molecular weight excluding hydrogens is 107 g/mol. The van der Waals surface area contributed by atoms with Crippen LogP contribution in [0.3, 0.4) is 0 Å². The van der Waals surface area contributed by atoms with Gasteiger partial charge in [0.2, 0.25) is 0 Å². The van der Waals surface area contributed by atoms with Gasteiger partial charge in [0.25, 0.3) is 0 Å². The highest BCUT2D eigenvalue weighted by atomic mass is 14.2. The molecule has 0 fully saturated rings. The van der Waals surface area contributed by atoms with Gasteiger partial charge in [-0.2, -0.15) is 0 Å². The second-order valence-electron chi connectivity index (χ2n) is 2.80. The predicted octanol–water partition coefficient (Wildman–Crippen LogP) is 0.917. The number of fused-ring (bicyclic) bond motifs is 1. The van der Waals surface area contributed by atoms with Crippen LogP contribution < -0.4 is 0 Å². The molecule has 0 radical (unpaired) electrons. The first-order valence-corrected chi connectivity index (χ1v) is 3.46. The van der Waals surface area contributed by atoms with E-state index in [0.717, 1.165) is 5.82 Å². The van der Waals surface area contributed by atoms with Crippen LogP contribution in [-0.4, -0.2) is 7.85 Å². The van der Waals surface area contributed by atoms with Crippen LogP contribution in [0.2, 0.25) is 0 Å². The van der Waals surface area contributed by atoms with Crippen LogP contribution in [0.5, 0.6) is 0 Å². The lowest BCUT2D eigenvalue weighted by atomic mass is 9.66. The van der Waals surface area contributed by atoms with E-state index in [-0.39, 0.29) is 0 Å². The molecule has 9 heavy (non-hydrogen) atoms. The predicted molar refractivity (Wildman–Crippen MR) is 41.4 cm³/mol. The molecule has 1 aromatic rings. The maximum atomic E-state index is 2.28. The van der Waals surface area contributed by atoms with Gasteiger partial charge in [-0.25, -0.2) is 0 Å². The Labute approximate surface area is 56.3 Å². The van der Waals surface area contributed by atoms with Gasteiger partial charge in [-0.15, -0.1) is 0 Å². The summed E-state index contributed by atoms with van der Waals surface area (Å²) in [4.78, 5) is 0. The zero-order valence-electron chi connectivity index (χ0n) is 5.59. The van der Waals surface area contributed by atoms with Crippen molar-refractivity contribution < 1.29 is 0 Å². The Morgan fingerprint density at radius 1 is 1.33 bits per heavy atom. The number of hydrogen-bond donors (Lipinski definition) is 0. The van der Waals surface area contributed by atoms with E-state index in [9.17, 15) is 0 Å². The average Bonchev–Trinajstić information content (AvgIpc) is 1.86. The first-order valence-electron chi connectivity index (χ1n) is 3.46. The zero-order chi connectivity index (χ0) is 6.27. The molecule has 0 amide bonds. The molecule has 0 heterocycles. The molecule has 1 aliphatic carbocycles. The normalized spacial score (nSPS) is 22.4. The molecule has 1 heteroatoms. The summed E-state index contributed by atoms with van der Waals surface area (Å²) in [6.07, 6.45) is 1.29. The fourth-order valence-corrected chi connectivity index (χ4v) is 1.51. The van der Waals surface area contributed by atoms with E-state index < -0.39 is 0 Å². The third-order valence-electron chi connectivity index (χ3n) is 2.11. The van der Waals surface area contributed by atoms with Crippen molar-refractivity contribution in [2.45, 2.75) is 12.2 Å². The molecule has 0 aliphatic heterocycles. The summed E-state index contributed by atoms with van der Waals surface area (Å²) in [5, 5.41) is 0. The molecule has 1 atom stereocenters. The Morgan fingerprint density at radius 3 is 2.67 bits per heavy atom. The van der Waals surface area contributed by atoms with E-state index in [1.54, 1.807) is 11.1 Å². The van der Waals surface area contributed by atoms with Gasteiger partial charge in [-0.1, -0.05) is 24.3 Å². The SMILES string of the molecule is BC1Cc2ccccc21. The Kier molecular flexibility index (Phi) is 0.924. The van der Waals surface area contributed by atoms with E-state index in [2.05, 4.69) is 32.1 Å². The molecule has 0 spiro atoms. The van der Waals surface area contributed by atoms with E-state index in [0.29, 0.717) is 0 Å². The molecule has 0 saturated carbocycles. The van der Waals surface area contributed by atoms with Crippen molar-refractivity contribution in [3.05, 3.63) is 35.4 Å². The molecule has 1 unspecified atom stereocenters. The lowest BCUT2D eigenvalue weighted by Crippen LogP contribution is -2.15. The summed E-state index contributed by atoms with van der Waals surface area (Å²) in [5.41, 5.74) is 3.10. The lowest BCUT2D eigenvalue weighted by molar-refractivity contribution is 0.802. The second-order valence-corrected chi connectivity index (χ2v) is 2.80. The van der Waals surface area contributed by atoms with Gasteiger partial charge in [0.05, 0.1) is 0 Å². The van der Waals surface area contributed by atoms with Crippen molar-refractivity contribution in [3.63, 3.8) is 0 Å². The fraction of sp³-hybridized carbons (Fsp3) is 0.250. The van der Waals surface area contributed by atoms with Crippen LogP contribution in [0.15, 0.2) is 24.3 Å². The molecule has 1 aliphatic rings. The van der Waals surface area contributed by atoms with Crippen molar-refractivity contribution in [2.24, 2.45) is 0 Å². The van der Waals surface area contributed by atoms with Gasteiger partial charge < -0.3 is 0 Å². The van der Waals surface area contributed by atoms with Gasteiger partial charge >= 0.3 is 0 Å². The van der Waals surface area contributed by atoms with Gasteiger partial charge in [0.1, 0.15) is 7.85 Å². The molecule has 2 rings (SSSR count). The van der Waals surface area contributed by atoms with Crippen LogP contribution in [0.4, 0.5) is 0 Å². The minimum atomic E-state index is 0.821. The van der Waals surface area contributed by atoms with Gasteiger partial charge in [0, 0.05) is 0 Å². The highest BCUT2D eigenvalue weighted by molar-refractivity contribution is 6.13. The molecule has 1 aromatic carbocycles. The Bertz CT molecular complexity index is 230. The summed E-state index contributed by atoms with van der Waals surface area (Å²) >= 11 is 0. The van der Waals surface area contributed by atoms with Gasteiger partial charge in [-0.05, 0) is 23.4 Å². The number of benzene rings is 1. The monoisotopic (exact) mass is 116 g/mol. The van der Waals surface area contributed by atoms with Crippen molar-refractivity contribution in [1.29, 1.82) is 0 Å². The maximum Gasteiger partial charge on any atom is 0.111 e. The zero-order valence-corrected chi connectivity index (χ0v) is 5.59. The van der Waals surface area contributed by atoms with Crippen LogP contribution in [0, 0.1) is 0 Å². The molecule has 0 N–H and O–H groups in total. The molecule has 0 nitrogen and oxygen atoms in total. The van der Waals surface area contributed by atoms with E-state index >= 15 is 0 Å². The third kappa shape index (κ3) is 0.609. The summed E-state index contributed by atoms with van der Waals surface area (Å²) in [7, 11) is 2.28. The van der Waals surface area contributed by atoms with Gasteiger partial charge in [-0.3, -0.25) is 0 Å². The Hall–Kier alpha value is -0.715. The van der Waals surface area contributed by atoms with Crippen LogP contribution in [0.1, 0.15) is 16.9 Å². The standard InChI is InChI=1S/C8H9B/c9-8-5-6-3-1-2-4-7(6)8/h1-4,8H,5,9H2. The molecule has 0 bridgehead atoms. The van der Waals surface area contributed by atoms with Crippen molar-refractivity contribution in [2.75, 3.05) is 0 Å². The van der Waals surface area contributed by atoms with Crippen LogP contribution in [0.25, 0.3) is 0 Å². The summed E-state index contributed by atoms with van der Waals surface area (Å²) in [6.45, 7) is 0. The van der Waals surface area contributed by atoms with E-state index in [1.807, 2.05) is 0 Å². The highest BCUT2D eigenvalue weighted by Crippen LogP contribution is 2.31. The minimum Gasteiger partial charge on any atom is -0.0620 e. The molecule has 0 saturated heterocycles. The number of hydrogen-bond acceptors (Lipinski definition) is 0. The topological polar surface area (TPSA) is 0 Å². The first-order chi connectivity index (χ1) is 4.38. The fourth-order valence-electron chi connectivity index (χ4n) is 1.51. The average molecular weight is 116 g/mol. The number of rotatable bonds is 0. The largest absolute Gasteiger partial charge is 0.111 e. The molecule has 0 aromatic heterocycles. The third-order valence-corrected chi connectivity index (χ3v) is 2.11. The van der Waals surface area contributed by atoms with Crippen molar-refractivity contribution in [1.82, 2.24) is 0 Å². The van der Waals surface area contributed by atoms with Crippen LogP contribution in [-0.2, 0) is 6.42 Å². The molecular formula is C8H9B. The molecule has 44 valence electrons. The lowest BCUT2D eigenvalue weighted by Gasteiger charge is -2.26. The second kappa shape index (κ2) is 1.63. The summed E-state index contributed by atoms with van der Waals surface area (Å²) in [5.74, 6) is 0.821. The first kappa shape index (κ1) is 5.10. The summed E-state index contributed by atoms with van der Waals surface area (Å²) in [6, 6.07) is 8.68. The van der Waals surface area contributed by atoms with Crippen molar-refractivity contribution >= 4 is 7.85 Å². The van der Waals surface area contributed by atoms with E-state index in [4.69, 9.17) is 0 Å². The summed E-state index contributed by atoms with van der Waals surface area (Å²) < 4.78 is 0. The quantitative estimate of drug-likeness (QED) is 0.442. The minimum absolute atomic E-state index is 0.821. The highest BCUT2D eigenvalue weighted by Gasteiger charge is 2.19. The van der Waals surface area contributed by atoms with E-state index in [1.165, 1.54) is 6.42 Å².